The quantitative estimate of drug-likeness (QED) is 0.601. The zero-order valence-corrected chi connectivity index (χ0v) is 17.4. The predicted octanol–water partition coefficient (Wildman–Crippen LogP) is 1.91. The van der Waals surface area contributed by atoms with Crippen molar-refractivity contribution in [3.8, 4) is 23.4 Å². The van der Waals surface area contributed by atoms with Crippen LogP contribution in [0, 0.1) is 11.3 Å². The van der Waals surface area contributed by atoms with Gasteiger partial charge in [0.1, 0.15) is 6.07 Å². The van der Waals surface area contributed by atoms with Crippen LogP contribution < -0.4 is 21.3 Å². The molecule has 2 N–H and O–H groups in total. The number of hydrogen-bond donors (Lipinski definition) is 2. The highest BCUT2D eigenvalue weighted by atomic mass is 35.5. The molecule has 0 bridgehead atoms. The number of carbonyl (C=O) groups excluding carboxylic acids is 1. The van der Waals surface area contributed by atoms with Crippen LogP contribution in [0.2, 0.25) is 10.0 Å². The number of H-pyrrole nitrogens is 1. The van der Waals surface area contributed by atoms with Gasteiger partial charge in [0, 0.05) is 11.6 Å². The van der Waals surface area contributed by atoms with E-state index < -0.39 is 22.4 Å². The van der Waals surface area contributed by atoms with Gasteiger partial charge in [-0.2, -0.15) is 9.94 Å². The fraction of sp³-hybridized carbons (Fsp3) is 0.167. The molecule has 0 saturated carbocycles. The number of halogens is 2. The molecule has 31 heavy (non-hydrogen) atoms. The number of benzene rings is 1. The zero-order chi connectivity index (χ0) is 22.5. The van der Waals surface area contributed by atoms with Crippen LogP contribution in [0.5, 0.6) is 11.6 Å². The van der Waals surface area contributed by atoms with Crippen molar-refractivity contribution in [3.63, 3.8) is 0 Å². The summed E-state index contributed by atoms with van der Waals surface area (Å²) in [7, 11) is 0. The van der Waals surface area contributed by atoms with Gasteiger partial charge >= 0.3 is 5.69 Å². The molecular formula is C18H11Cl2N7O4. The highest BCUT2D eigenvalue weighted by Gasteiger charge is 2.40. The highest BCUT2D eigenvalue weighted by molar-refractivity contribution is 6.37. The number of aromatic amines is 1. The van der Waals surface area contributed by atoms with Gasteiger partial charge in [-0.05, 0) is 26.0 Å². The maximum atomic E-state index is 12.1. The van der Waals surface area contributed by atoms with Crippen molar-refractivity contribution in [3.05, 3.63) is 60.3 Å². The molecule has 0 atom stereocenters. The lowest BCUT2D eigenvalue weighted by molar-refractivity contribution is -0.119. The highest BCUT2D eigenvalue weighted by Crippen LogP contribution is 2.40. The molecule has 0 fully saturated rings. The van der Waals surface area contributed by atoms with Crippen molar-refractivity contribution >= 4 is 34.9 Å². The Hall–Kier alpha value is -3.75. The van der Waals surface area contributed by atoms with Gasteiger partial charge in [0.2, 0.25) is 17.5 Å². The summed E-state index contributed by atoms with van der Waals surface area (Å²) in [4.78, 5) is 37.6. The third-order valence-corrected chi connectivity index (χ3v) is 5.17. The first-order chi connectivity index (χ1) is 14.6. The number of hydrogen-bond acceptors (Lipinski definition) is 8. The first kappa shape index (κ1) is 20.5. The van der Waals surface area contributed by atoms with E-state index in [2.05, 4.69) is 20.6 Å². The van der Waals surface area contributed by atoms with Crippen molar-refractivity contribution in [2.24, 2.45) is 0 Å². The van der Waals surface area contributed by atoms with Gasteiger partial charge in [-0.1, -0.05) is 23.2 Å². The summed E-state index contributed by atoms with van der Waals surface area (Å²) in [6, 6.07) is 5.76. The second-order valence-corrected chi connectivity index (χ2v) is 7.81. The van der Waals surface area contributed by atoms with E-state index in [9.17, 15) is 14.4 Å². The third kappa shape index (κ3) is 3.41. The molecule has 2 aromatic heterocycles. The lowest BCUT2D eigenvalue weighted by atomic mass is 9.87. The Morgan fingerprint density at radius 3 is 2.45 bits per heavy atom. The van der Waals surface area contributed by atoms with Crippen molar-refractivity contribution in [2.75, 3.05) is 5.32 Å². The normalized spacial score (nSPS) is 14.0. The second kappa shape index (κ2) is 7.19. The zero-order valence-electron chi connectivity index (χ0n) is 15.9. The number of nitriles is 1. The molecule has 1 aliphatic heterocycles. The van der Waals surface area contributed by atoms with Crippen molar-refractivity contribution in [2.45, 2.75) is 19.3 Å². The largest absolute Gasteiger partial charge is 0.434 e. The molecular weight excluding hydrogens is 449 g/mol. The van der Waals surface area contributed by atoms with E-state index in [4.69, 9.17) is 33.2 Å². The minimum atomic E-state index is -0.910. The molecule has 3 heterocycles. The number of carbonyl (C=O) groups is 1. The van der Waals surface area contributed by atoms with Crippen molar-refractivity contribution in [1.29, 1.82) is 5.26 Å². The van der Waals surface area contributed by atoms with Gasteiger partial charge < -0.3 is 10.1 Å². The maximum Gasteiger partial charge on any atom is 0.349 e. The third-order valence-electron chi connectivity index (χ3n) is 4.61. The number of fused-ring (bicyclic) bond motifs is 1. The lowest BCUT2D eigenvalue weighted by Gasteiger charge is -2.15. The van der Waals surface area contributed by atoms with E-state index in [1.165, 1.54) is 12.1 Å². The molecule has 0 spiro atoms. The Morgan fingerprint density at radius 1 is 1.13 bits per heavy atom. The van der Waals surface area contributed by atoms with E-state index >= 15 is 0 Å². The monoisotopic (exact) mass is 459 g/mol. The molecule has 4 rings (SSSR count). The van der Waals surface area contributed by atoms with E-state index in [0.717, 1.165) is 4.68 Å². The number of anilines is 1. The van der Waals surface area contributed by atoms with Crippen LogP contribution in [0.3, 0.4) is 0 Å². The fourth-order valence-electron chi connectivity index (χ4n) is 2.90. The summed E-state index contributed by atoms with van der Waals surface area (Å²) < 4.78 is 6.46. The van der Waals surface area contributed by atoms with E-state index in [1.54, 1.807) is 26.0 Å². The molecule has 0 saturated heterocycles. The summed E-state index contributed by atoms with van der Waals surface area (Å²) in [5, 5.41) is 23.1. The minimum absolute atomic E-state index is 0.00309. The summed E-state index contributed by atoms with van der Waals surface area (Å²) >= 11 is 12.6. The number of amides is 1. The molecule has 1 amide bonds. The lowest BCUT2D eigenvalue weighted by Crippen LogP contribution is -2.33. The van der Waals surface area contributed by atoms with Crippen LogP contribution in [0.1, 0.15) is 25.1 Å². The summed E-state index contributed by atoms with van der Waals surface area (Å²) in [5.41, 5.74) is -2.43. The van der Waals surface area contributed by atoms with Gasteiger partial charge in [-0.3, -0.25) is 14.6 Å². The van der Waals surface area contributed by atoms with Gasteiger partial charge in [-0.25, -0.2) is 4.79 Å². The maximum absolute atomic E-state index is 12.1. The molecule has 1 aromatic carbocycles. The Balaban J connectivity index is 1.73. The average Bonchev–Trinajstić information content (AvgIpc) is 2.93. The van der Waals surface area contributed by atoms with Crippen LogP contribution in [-0.2, 0) is 10.2 Å². The Bertz CT molecular complexity index is 1400. The fourth-order valence-corrected chi connectivity index (χ4v) is 3.45. The van der Waals surface area contributed by atoms with Crippen molar-refractivity contribution in [1.82, 2.24) is 25.0 Å². The number of nitrogens with one attached hydrogen (secondary N) is 2. The first-order valence-corrected chi connectivity index (χ1v) is 9.38. The Labute approximate surface area is 183 Å². The second-order valence-electron chi connectivity index (χ2n) is 7.00. The molecule has 1 aliphatic rings. The van der Waals surface area contributed by atoms with E-state index in [-0.39, 0.29) is 33.3 Å². The average molecular weight is 460 g/mol. The summed E-state index contributed by atoms with van der Waals surface area (Å²) in [6.45, 7) is 3.47. The Morgan fingerprint density at radius 2 is 1.81 bits per heavy atom. The number of nitrogens with zero attached hydrogens (tertiary/aromatic N) is 5. The van der Waals surface area contributed by atoms with Crippen molar-refractivity contribution < 1.29 is 9.53 Å². The van der Waals surface area contributed by atoms with Crippen LogP contribution in [0.4, 0.5) is 5.82 Å². The first-order valence-electron chi connectivity index (χ1n) is 8.62. The smallest absolute Gasteiger partial charge is 0.349 e. The molecule has 0 unspecified atom stereocenters. The van der Waals surface area contributed by atoms with Crippen LogP contribution >= 0.6 is 23.2 Å². The molecule has 156 valence electrons. The van der Waals surface area contributed by atoms with Crippen LogP contribution in [0.25, 0.3) is 5.69 Å². The van der Waals surface area contributed by atoms with Gasteiger partial charge in [0.15, 0.2) is 11.6 Å². The Kier molecular flexibility index (Phi) is 4.76. The standard InChI is InChI=1S/C18H11Cl2N7O4/c1-18(2)8-5-12(24-25-14(8)22-16(18)29)31-13-9(19)3-7(4-10(13)20)27-17(30)23-15(28)11(6-21)26-27/h3-5H,1-2H3,(H,22,25,29)(H,23,28,30). The summed E-state index contributed by atoms with van der Waals surface area (Å²) in [5.74, 6) is 0.192. The molecule has 0 aliphatic carbocycles. The predicted molar refractivity (Wildman–Crippen MR) is 109 cm³/mol. The van der Waals surface area contributed by atoms with E-state index in [0.29, 0.717) is 11.4 Å². The van der Waals surface area contributed by atoms with Gasteiger partial charge in [0.05, 0.1) is 21.1 Å². The van der Waals surface area contributed by atoms with Crippen LogP contribution in [-0.4, -0.2) is 30.9 Å². The van der Waals surface area contributed by atoms with Gasteiger partial charge in [-0.15, -0.1) is 15.3 Å². The van der Waals surface area contributed by atoms with Crippen LogP contribution in [0.15, 0.2) is 27.8 Å². The summed E-state index contributed by atoms with van der Waals surface area (Å²) in [6.07, 6.45) is 0. The van der Waals surface area contributed by atoms with Gasteiger partial charge in [0.25, 0.3) is 5.56 Å². The minimum Gasteiger partial charge on any atom is -0.434 e. The molecule has 3 aromatic rings. The number of ether oxygens (including phenoxy) is 1. The van der Waals surface area contributed by atoms with E-state index in [1.807, 2.05) is 4.98 Å². The number of rotatable bonds is 3. The molecule has 13 heteroatoms. The molecule has 11 nitrogen and oxygen atoms in total. The topological polar surface area (TPSA) is 156 Å². The number of aromatic nitrogens is 5. The SMILES string of the molecule is CC1(C)C(=O)Nc2nnc(Oc3c(Cl)cc(-n4nc(C#N)c(=O)[nH]c4=O)cc3Cl)cc21. The molecule has 0 radical (unpaired) electrons.